The van der Waals surface area contributed by atoms with Gasteiger partial charge in [-0.05, 0) is 36.4 Å². The summed E-state index contributed by atoms with van der Waals surface area (Å²) in [5.74, 6) is -2.42. The van der Waals surface area contributed by atoms with Crippen LogP contribution in [0.4, 0.5) is 18.9 Å². The van der Waals surface area contributed by atoms with Crippen molar-refractivity contribution in [1.82, 2.24) is 5.32 Å². The highest BCUT2D eigenvalue weighted by Crippen LogP contribution is 2.22. The molecule has 2 aromatic rings. The van der Waals surface area contributed by atoms with Crippen molar-refractivity contribution in [2.75, 3.05) is 12.4 Å². The molecule has 9 heteroatoms. The third kappa shape index (κ3) is 6.11. The number of carbonyl (C=O) groups is 3. The maximum Gasteiger partial charge on any atom is 0.391 e. The molecule has 2 rings (SSSR count). The van der Waals surface area contributed by atoms with E-state index in [0.29, 0.717) is 11.3 Å². The number of ether oxygens (including phenoxy) is 1. The van der Waals surface area contributed by atoms with Gasteiger partial charge < -0.3 is 15.4 Å². The number of halogens is 3. The van der Waals surface area contributed by atoms with Crippen LogP contribution in [0.15, 0.2) is 54.6 Å². The van der Waals surface area contributed by atoms with E-state index in [0.717, 1.165) is 7.11 Å². The second-order valence-electron chi connectivity index (χ2n) is 5.77. The fourth-order valence-electron chi connectivity index (χ4n) is 2.31. The quantitative estimate of drug-likeness (QED) is 0.738. The van der Waals surface area contributed by atoms with Gasteiger partial charge in [0, 0.05) is 16.8 Å². The molecule has 0 aliphatic carbocycles. The van der Waals surface area contributed by atoms with Gasteiger partial charge in [-0.3, -0.25) is 9.59 Å². The maximum atomic E-state index is 12.6. The van der Waals surface area contributed by atoms with Gasteiger partial charge in [0.15, 0.2) is 0 Å². The van der Waals surface area contributed by atoms with Crippen LogP contribution in [-0.2, 0) is 9.53 Å². The summed E-state index contributed by atoms with van der Waals surface area (Å²) in [6, 6.07) is 12.1. The Morgan fingerprint density at radius 3 is 2.04 bits per heavy atom. The second-order valence-corrected chi connectivity index (χ2v) is 5.77. The zero-order valence-electron chi connectivity index (χ0n) is 14.7. The van der Waals surface area contributed by atoms with Gasteiger partial charge in [-0.15, -0.1) is 0 Å². The highest BCUT2D eigenvalue weighted by molar-refractivity contribution is 6.04. The lowest BCUT2D eigenvalue weighted by molar-refractivity contribution is -0.160. The summed E-state index contributed by atoms with van der Waals surface area (Å²) >= 11 is 0. The largest absolute Gasteiger partial charge is 0.467 e. The third-order valence-corrected chi connectivity index (χ3v) is 3.67. The standard InChI is InChI=1S/C19H17F3N2O4/c1-28-18(27)15(11-19(20,21)22)24-17(26)13-7-9-14(10-8-13)23-16(25)12-5-3-2-4-6-12/h2-10,15H,11H2,1H3,(H,23,25)(H,24,26)/t15-/m0/s1. The van der Waals surface area contributed by atoms with Crippen LogP contribution in [0.5, 0.6) is 0 Å². The Morgan fingerprint density at radius 1 is 0.929 bits per heavy atom. The zero-order chi connectivity index (χ0) is 20.7. The van der Waals surface area contributed by atoms with Crippen LogP contribution >= 0.6 is 0 Å². The molecule has 0 bridgehead atoms. The minimum atomic E-state index is -4.66. The minimum absolute atomic E-state index is 0.0220. The molecule has 28 heavy (non-hydrogen) atoms. The summed E-state index contributed by atoms with van der Waals surface area (Å²) in [5.41, 5.74) is 0.858. The zero-order valence-corrected chi connectivity index (χ0v) is 14.7. The molecule has 0 spiro atoms. The number of alkyl halides is 3. The molecular weight excluding hydrogens is 377 g/mol. The first kappa shape index (κ1) is 20.9. The Kier molecular flexibility index (Phi) is 6.75. The van der Waals surface area contributed by atoms with Crippen molar-refractivity contribution in [2.24, 2.45) is 0 Å². The van der Waals surface area contributed by atoms with Crippen molar-refractivity contribution >= 4 is 23.5 Å². The van der Waals surface area contributed by atoms with Crippen LogP contribution in [0, 0.1) is 0 Å². The predicted octanol–water partition coefficient (Wildman–Crippen LogP) is 3.16. The van der Waals surface area contributed by atoms with Gasteiger partial charge in [0.1, 0.15) is 6.04 Å². The number of amides is 2. The number of esters is 1. The Bertz CT molecular complexity index is 837. The van der Waals surface area contributed by atoms with E-state index < -0.39 is 30.5 Å². The monoisotopic (exact) mass is 394 g/mol. The molecule has 0 aliphatic heterocycles. The fourth-order valence-corrected chi connectivity index (χ4v) is 2.31. The van der Waals surface area contributed by atoms with Gasteiger partial charge in [-0.2, -0.15) is 13.2 Å². The molecule has 0 fully saturated rings. The summed E-state index contributed by atoms with van der Waals surface area (Å²) in [6.45, 7) is 0. The van der Waals surface area contributed by atoms with Crippen molar-refractivity contribution in [2.45, 2.75) is 18.6 Å². The summed E-state index contributed by atoms with van der Waals surface area (Å²) in [6.07, 6.45) is -6.20. The normalized spacial score (nSPS) is 12.0. The van der Waals surface area contributed by atoms with Crippen LogP contribution in [0.2, 0.25) is 0 Å². The molecule has 1 atom stereocenters. The molecular formula is C19H17F3N2O4. The van der Waals surface area contributed by atoms with E-state index in [1.54, 1.807) is 30.3 Å². The Morgan fingerprint density at radius 2 is 1.50 bits per heavy atom. The van der Waals surface area contributed by atoms with Gasteiger partial charge in [0.05, 0.1) is 13.5 Å². The lowest BCUT2D eigenvalue weighted by atomic mass is 10.1. The topological polar surface area (TPSA) is 84.5 Å². The SMILES string of the molecule is COC(=O)[C@H](CC(F)(F)F)NC(=O)c1ccc(NC(=O)c2ccccc2)cc1. The molecule has 2 N–H and O–H groups in total. The molecule has 0 aromatic heterocycles. The van der Waals surface area contributed by atoms with Crippen molar-refractivity contribution in [3.63, 3.8) is 0 Å². The van der Waals surface area contributed by atoms with Crippen molar-refractivity contribution < 1.29 is 32.3 Å². The van der Waals surface area contributed by atoms with Crippen molar-refractivity contribution in [3.05, 3.63) is 65.7 Å². The van der Waals surface area contributed by atoms with Gasteiger partial charge >= 0.3 is 12.1 Å². The minimum Gasteiger partial charge on any atom is -0.467 e. The number of anilines is 1. The van der Waals surface area contributed by atoms with Crippen LogP contribution in [-0.4, -0.2) is 37.1 Å². The Balaban J connectivity index is 2.04. The van der Waals surface area contributed by atoms with Crippen LogP contribution < -0.4 is 10.6 Å². The molecule has 148 valence electrons. The summed E-state index contributed by atoms with van der Waals surface area (Å²) in [4.78, 5) is 35.7. The number of hydrogen-bond acceptors (Lipinski definition) is 4. The Labute approximate surface area is 158 Å². The molecule has 0 unspecified atom stereocenters. The maximum absolute atomic E-state index is 12.6. The number of methoxy groups -OCH3 is 1. The number of hydrogen-bond donors (Lipinski definition) is 2. The number of benzene rings is 2. The second kappa shape index (κ2) is 9.03. The first-order valence-electron chi connectivity index (χ1n) is 8.11. The highest BCUT2D eigenvalue weighted by atomic mass is 19.4. The van der Waals surface area contributed by atoms with Gasteiger partial charge in [-0.1, -0.05) is 18.2 Å². The molecule has 0 saturated heterocycles. The molecule has 0 aliphatic rings. The summed E-state index contributed by atoms with van der Waals surface area (Å²) < 4.78 is 42.0. The van der Waals surface area contributed by atoms with E-state index in [-0.39, 0.29) is 11.5 Å². The smallest absolute Gasteiger partial charge is 0.391 e. The number of rotatable bonds is 6. The van der Waals surface area contributed by atoms with Crippen LogP contribution in [0.3, 0.4) is 0 Å². The van der Waals surface area contributed by atoms with E-state index in [4.69, 9.17) is 0 Å². The molecule has 0 saturated carbocycles. The van der Waals surface area contributed by atoms with E-state index in [1.807, 2.05) is 5.32 Å². The molecule has 2 aromatic carbocycles. The van der Waals surface area contributed by atoms with E-state index >= 15 is 0 Å². The van der Waals surface area contributed by atoms with E-state index in [1.165, 1.54) is 24.3 Å². The number of nitrogens with one attached hydrogen (secondary N) is 2. The summed E-state index contributed by atoms with van der Waals surface area (Å²) in [5, 5.41) is 4.64. The molecule has 0 heterocycles. The average Bonchev–Trinajstić information content (AvgIpc) is 2.67. The van der Waals surface area contributed by atoms with Crippen LogP contribution in [0.25, 0.3) is 0 Å². The highest BCUT2D eigenvalue weighted by Gasteiger charge is 2.37. The van der Waals surface area contributed by atoms with E-state index in [2.05, 4.69) is 10.1 Å². The molecule has 2 amide bonds. The van der Waals surface area contributed by atoms with Crippen LogP contribution in [0.1, 0.15) is 27.1 Å². The number of carbonyl (C=O) groups excluding carboxylic acids is 3. The fraction of sp³-hybridized carbons (Fsp3) is 0.211. The van der Waals surface area contributed by atoms with Gasteiger partial charge in [-0.25, -0.2) is 4.79 Å². The first-order valence-corrected chi connectivity index (χ1v) is 8.11. The van der Waals surface area contributed by atoms with Crippen molar-refractivity contribution in [3.8, 4) is 0 Å². The van der Waals surface area contributed by atoms with E-state index in [9.17, 15) is 27.6 Å². The van der Waals surface area contributed by atoms with Gasteiger partial charge in [0.25, 0.3) is 11.8 Å². The molecule has 6 nitrogen and oxygen atoms in total. The third-order valence-electron chi connectivity index (χ3n) is 3.67. The lowest BCUT2D eigenvalue weighted by Crippen LogP contribution is -2.44. The summed E-state index contributed by atoms with van der Waals surface area (Å²) in [7, 11) is 0.933. The predicted molar refractivity (Wildman–Crippen MR) is 94.8 cm³/mol. The van der Waals surface area contributed by atoms with Gasteiger partial charge in [0.2, 0.25) is 0 Å². The Hall–Kier alpha value is -3.36. The van der Waals surface area contributed by atoms with Crippen molar-refractivity contribution in [1.29, 1.82) is 0 Å². The average molecular weight is 394 g/mol. The lowest BCUT2D eigenvalue weighted by Gasteiger charge is -2.18. The molecule has 0 radical (unpaired) electrons. The first-order chi connectivity index (χ1) is 13.2.